The number of rotatable bonds is 0. The zero-order chi connectivity index (χ0) is 0. The van der Waals surface area contributed by atoms with E-state index < -0.39 is 0 Å². The second-order valence-corrected chi connectivity index (χ2v) is 0. The van der Waals surface area contributed by atoms with Crippen molar-refractivity contribution in [2.75, 3.05) is 0 Å². The fraction of sp³-hybridized carbons (Fsp3) is 0. The molecule has 0 fully saturated rings. The molecule has 4 heavy (non-hydrogen) atoms. The first-order chi connectivity index (χ1) is 0. The molecule has 0 rings (SSSR count). The molecule has 0 aliphatic rings. The van der Waals surface area contributed by atoms with Gasteiger partial charge in [0.25, 0.3) is 0 Å². The summed E-state index contributed by atoms with van der Waals surface area (Å²) in [5.74, 6) is 0. The molecule has 0 atom stereocenters. The molecule has 0 radical (unpaired) electrons. The Bertz CT molecular complexity index is 8.00. The Balaban J connectivity index is 0. The minimum atomic E-state index is 0. The normalized spacial score (nSPS) is 0. The van der Waals surface area contributed by atoms with Gasteiger partial charge in [0.15, 0.2) is 0 Å². The topological polar surface area (TPSA) is 0 Å². The average Bonchev–Trinajstić information content (AvgIpc) is 0. The second kappa shape index (κ2) is 15.6. The molecule has 0 amide bonds. The summed E-state index contributed by atoms with van der Waals surface area (Å²) in [5, 5.41) is 0. The quantitative estimate of drug-likeness (QED) is 0.433. The molecule has 0 aromatic heterocycles. The van der Waals surface area contributed by atoms with Gasteiger partial charge in [-0.15, -0.1) is 0 Å². The van der Waals surface area contributed by atoms with Gasteiger partial charge >= 0.3 is 102 Å². The van der Waals surface area contributed by atoms with E-state index in [1.54, 1.807) is 0 Å². The van der Waals surface area contributed by atoms with Gasteiger partial charge < -0.3 is 0 Å². The summed E-state index contributed by atoms with van der Waals surface area (Å²) in [6.07, 6.45) is 0. The molecule has 4 heteroatoms. The van der Waals surface area contributed by atoms with Crippen LogP contribution in [0.1, 0.15) is 0 Å². The predicted molar refractivity (Wildman–Crippen MR) is 24.2 cm³/mol. The third-order valence-corrected chi connectivity index (χ3v) is 0. The van der Waals surface area contributed by atoms with Crippen LogP contribution in [-0.2, 0) is 0 Å². The summed E-state index contributed by atoms with van der Waals surface area (Å²) in [7, 11) is 0. The van der Waals surface area contributed by atoms with Gasteiger partial charge in [0, 0.05) is 40.4 Å². The summed E-state index contributed by atoms with van der Waals surface area (Å²) in [5.41, 5.74) is 0. The standard InChI is InChI=1S/Ca.Li.Sm.Sr.5H. The van der Waals surface area contributed by atoms with E-state index in [-0.39, 0.29) is 142 Å². The van der Waals surface area contributed by atoms with E-state index in [0.29, 0.717) is 0 Å². The van der Waals surface area contributed by atoms with Gasteiger partial charge in [0.2, 0.25) is 0 Å². The molecule has 16 valence electrons. The monoisotopic (exact) mass is 292 g/mol. The van der Waals surface area contributed by atoms with E-state index in [1.807, 2.05) is 0 Å². The molecule has 0 aromatic rings. The minimum absolute atomic E-state index is 0. The van der Waals surface area contributed by atoms with Gasteiger partial charge in [-0.25, -0.2) is 0 Å². The SMILES string of the molecule is [CaH2].[LiH].[Sm].[SrH2]. The van der Waals surface area contributed by atoms with Crippen LogP contribution in [0, 0.1) is 40.4 Å². The van der Waals surface area contributed by atoms with Crippen molar-refractivity contribution >= 4 is 102 Å². The Hall–Kier alpha value is 4.68. The second-order valence-electron chi connectivity index (χ2n) is 0. The van der Waals surface area contributed by atoms with E-state index in [1.165, 1.54) is 0 Å². The van der Waals surface area contributed by atoms with Crippen molar-refractivity contribution < 1.29 is 40.4 Å². The zero-order valence-corrected chi connectivity index (χ0v) is 3.03. The summed E-state index contributed by atoms with van der Waals surface area (Å²) in [4.78, 5) is 0. The molecule has 0 aliphatic carbocycles. The van der Waals surface area contributed by atoms with Crippen molar-refractivity contribution in [3.8, 4) is 0 Å². The summed E-state index contributed by atoms with van der Waals surface area (Å²) < 4.78 is 0. The summed E-state index contributed by atoms with van der Waals surface area (Å²) >= 11 is 0. The van der Waals surface area contributed by atoms with E-state index in [9.17, 15) is 0 Å². The van der Waals surface area contributed by atoms with Gasteiger partial charge in [-0.3, -0.25) is 0 Å². The maximum absolute atomic E-state index is 0. The fourth-order valence-corrected chi connectivity index (χ4v) is 0. The van der Waals surface area contributed by atoms with Crippen molar-refractivity contribution in [2.24, 2.45) is 0 Å². The van der Waals surface area contributed by atoms with Crippen molar-refractivity contribution in [1.82, 2.24) is 0 Å². The Morgan fingerprint density at radius 2 is 1.00 bits per heavy atom. The summed E-state index contributed by atoms with van der Waals surface area (Å²) in [6, 6.07) is 0. The number of hydrogen-bond acceptors (Lipinski definition) is 0. The van der Waals surface area contributed by atoms with E-state index in [2.05, 4.69) is 0 Å². The van der Waals surface area contributed by atoms with Crippen molar-refractivity contribution in [3.63, 3.8) is 0 Å². The first kappa shape index (κ1) is 23.4. The van der Waals surface area contributed by atoms with E-state index >= 15 is 0 Å². The molecule has 0 N–H and O–H groups in total. The van der Waals surface area contributed by atoms with Crippen LogP contribution in [0.3, 0.4) is 0 Å². The Kier molecular flexibility index (Phi) is 91.5. The van der Waals surface area contributed by atoms with Crippen LogP contribution < -0.4 is 0 Å². The molecule has 0 aromatic carbocycles. The van der Waals surface area contributed by atoms with Crippen molar-refractivity contribution in [2.45, 2.75) is 0 Å². The van der Waals surface area contributed by atoms with Crippen LogP contribution in [0.5, 0.6) is 0 Å². The molecular formula is H5CaLiSmSr. The van der Waals surface area contributed by atoms with Crippen molar-refractivity contribution in [1.29, 1.82) is 0 Å². The molecule has 0 saturated heterocycles. The molecule has 0 heterocycles. The average molecular weight is 290 g/mol. The molecule has 0 saturated carbocycles. The van der Waals surface area contributed by atoms with Gasteiger partial charge in [-0.1, -0.05) is 0 Å². The molecule has 0 spiro atoms. The van der Waals surface area contributed by atoms with Crippen molar-refractivity contribution in [3.05, 3.63) is 0 Å². The Labute approximate surface area is 138 Å². The predicted octanol–water partition coefficient (Wildman–Crippen LogP) is -2.48. The molecule has 0 unspecified atom stereocenters. The van der Waals surface area contributed by atoms with Gasteiger partial charge in [0.05, 0.1) is 0 Å². The Morgan fingerprint density at radius 1 is 1.00 bits per heavy atom. The number of hydrogen-bond donors (Lipinski definition) is 0. The van der Waals surface area contributed by atoms with Crippen LogP contribution in [0.15, 0.2) is 0 Å². The first-order valence-electron chi connectivity index (χ1n) is 0. The van der Waals surface area contributed by atoms with Crippen LogP contribution in [0.2, 0.25) is 0 Å². The van der Waals surface area contributed by atoms with Crippen LogP contribution in [0.25, 0.3) is 0 Å². The van der Waals surface area contributed by atoms with Gasteiger partial charge in [-0.05, 0) is 0 Å². The summed E-state index contributed by atoms with van der Waals surface area (Å²) in [6.45, 7) is 0. The van der Waals surface area contributed by atoms with Crippen LogP contribution in [0.4, 0.5) is 0 Å². The molecular weight excluding hydrogens is 285 g/mol. The maximum atomic E-state index is 0. The fourth-order valence-electron chi connectivity index (χ4n) is 0. The van der Waals surface area contributed by atoms with Gasteiger partial charge in [0.1, 0.15) is 0 Å². The van der Waals surface area contributed by atoms with Crippen LogP contribution >= 0.6 is 0 Å². The molecule has 0 nitrogen and oxygen atoms in total. The first-order valence-corrected chi connectivity index (χ1v) is 0. The van der Waals surface area contributed by atoms with Gasteiger partial charge in [-0.2, -0.15) is 0 Å². The zero-order valence-electron chi connectivity index (χ0n) is 0.408. The van der Waals surface area contributed by atoms with E-state index in [0.717, 1.165) is 0 Å². The molecule has 0 aliphatic heterocycles. The third-order valence-electron chi connectivity index (χ3n) is 0. The Morgan fingerprint density at radius 3 is 1.00 bits per heavy atom. The van der Waals surface area contributed by atoms with E-state index in [4.69, 9.17) is 0 Å². The van der Waals surface area contributed by atoms with Crippen LogP contribution in [-0.4, -0.2) is 102 Å². The third kappa shape index (κ3) is 9.84. The molecule has 0 bridgehead atoms.